The van der Waals surface area contributed by atoms with Gasteiger partial charge in [0.2, 0.25) is 0 Å². The summed E-state index contributed by atoms with van der Waals surface area (Å²) in [4.78, 5) is 4.28. The summed E-state index contributed by atoms with van der Waals surface area (Å²) in [6, 6.07) is 5.44. The van der Waals surface area contributed by atoms with Gasteiger partial charge >= 0.3 is 0 Å². The van der Waals surface area contributed by atoms with Crippen molar-refractivity contribution in [1.29, 1.82) is 0 Å². The van der Waals surface area contributed by atoms with Crippen molar-refractivity contribution in [2.45, 2.75) is 40.0 Å². The number of nitrogens with zero attached hydrogens (tertiary/aromatic N) is 1. The molecular formula is C15H19FN2OS. The van der Waals surface area contributed by atoms with Gasteiger partial charge < -0.3 is 10.1 Å². The summed E-state index contributed by atoms with van der Waals surface area (Å²) >= 11 is 1.56. The minimum atomic E-state index is -0.333. The summed E-state index contributed by atoms with van der Waals surface area (Å²) in [5.74, 6) is -0.0658. The lowest BCUT2D eigenvalue weighted by Crippen LogP contribution is -2.21. The first-order valence-corrected chi connectivity index (χ1v) is 7.48. The largest absolute Gasteiger partial charge is 0.484 e. The van der Waals surface area contributed by atoms with Gasteiger partial charge in [-0.05, 0) is 24.6 Å². The highest BCUT2D eigenvalue weighted by Gasteiger charge is 2.07. The zero-order valence-electron chi connectivity index (χ0n) is 11.9. The van der Waals surface area contributed by atoms with Gasteiger partial charge in [-0.2, -0.15) is 0 Å². The second kappa shape index (κ2) is 6.81. The van der Waals surface area contributed by atoms with Gasteiger partial charge in [0.1, 0.15) is 6.61 Å². The van der Waals surface area contributed by atoms with E-state index in [2.05, 4.69) is 24.1 Å². The molecule has 1 aromatic carbocycles. The van der Waals surface area contributed by atoms with Crippen LogP contribution in [0.3, 0.4) is 0 Å². The van der Waals surface area contributed by atoms with Gasteiger partial charge in [0.05, 0.1) is 10.7 Å². The first kappa shape index (κ1) is 14.9. The molecule has 0 saturated carbocycles. The number of nitrogens with one attached hydrogen (secondary N) is 1. The Bertz CT molecular complexity index is 569. The van der Waals surface area contributed by atoms with E-state index in [1.165, 1.54) is 6.07 Å². The van der Waals surface area contributed by atoms with E-state index in [9.17, 15) is 4.39 Å². The maximum absolute atomic E-state index is 13.9. The summed E-state index contributed by atoms with van der Waals surface area (Å²) < 4.78 is 19.4. The molecule has 3 nitrogen and oxygen atoms in total. The maximum Gasteiger partial charge on any atom is 0.165 e. The first-order chi connectivity index (χ1) is 9.54. The second-order valence-electron chi connectivity index (χ2n) is 4.95. The van der Waals surface area contributed by atoms with Crippen LogP contribution in [0.15, 0.2) is 23.6 Å². The summed E-state index contributed by atoms with van der Waals surface area (Å²) in [5.41, 5.74) is 1.74. The predicted molar refractivity (Wildman–Crippen MR) is 79.6 cm³/mol. The van der Waals surface area contributed by atoms with E-state index in [0.29, 0.717) is 19.2 Å². The highest BCUT2D eigenvalue weighted by molar-refractivity contribution is 7.09. The van der Waals surface area contributed by atoms with Crippen LogP contribution in [0.4, 0.5) is 4.39 Å². The molecule has 0 spiro atoms. The minimum absolute atomic E-state index is 0.268. The normalized spacial score (nSPS) is 11.1. The van der Waals surface area contributed by atoms with Crippen molar-refractivity contribution in [1.82, 2.24) is 10.3 Å². The second-order valence-corrected chi connectivity index (χ2v) is 6.01. The molecule has 2 rings (SSSR count). The Morgan fingerprint density at radius 2 is 2.20 bits per heavy atom. The number of rotatable bonds is 6. The van der Waals surface area contributed by atoms with Crippen LogP contribution in [-0.2, 0) is 13.2 Å². The Balaban J connectivity index is 1.95. The van der Waals surface area contributed by atoms with Crippen molar-refractivity contribution in [3.05, 3.63) is 45.7 Å². The molecule has 0 radical (unpaired) electrons. The van der Waals surface area contributed by atoms with E-state index >= 15 is 0 Å². The Hall–Kier alpha value is -1.46. The lowest BCUT2D eigenvalue weighted by molar-refractivity contribution is 0.286. The van der Waals surface area contributed by atoms with E-state index in [1.807, 2.05) is 18.4 Å². The van der Waals surface area contributed by atoms with Crippen LogP contribution in [0.5, 0.6) is 5.75 Å². The van der Waals surface area contributed by atoms with Gasteiger partial charge in [0.15, 0.2) is 11.6 Å². The molecular weight excluding hydrogens is 275 g/mol. The molecule has 0 aliphatic heterocycles. The third-order valence-corrected chi connectivity index (χ3v) is 3.58. The fourth-order valence-corrected chi connectivity index (χ4v) is 2.32. The number of halogens is 1. The van der Waals surface area contributed by atoms with E-state index in [0.717, 1.165) is 16.3 Å². The minimum Gasteiger partial charge on any atom is -0.484 e. The van der Waals surface area contributed by atoms with Crippen molar-refractivity contribution in [2.24, 2.45) is 0 Å². The van der Waals surface area contributed by atoms with Crippen LogP contribution >= 0.6 is 11.3 Å². The molecule has 0 bridgehead atoms. The molecule has 20 heavy (non-hydrogen) atoms. The van der Waals surface area contributed by atoms with Gasteiger partial charge in [-0.15, -0.1) is 11.3 Å². The van der Waals surface area contributed by atoms with Gasteiger partial charge in [-0.1, -0.05) is 19.9 Å². The third kappa shape index (κ3) is 4.28. The number of thiazole rings is 1. The molecule has 0 fully saturated rings. The lowest BCUT2D eigenvalue weighted by Gasteiger charge is -2.10. The van der Waals surface area contributed by atoms with Crippen LogP contribution < -0.4 is 10.1 Å². The highest BCUT2D eigenvalue weighted by Crippen LogP contribution is 2.20. The number of ether oxygens (including phenoxy) is 1. The quantitative estimate of drug-likeness (QED) is 0.882. The lowest BCUT2D eigenvalue weighted by atomic mass is 10.2. The number of aryl methyl sites for hydroxylation is 1. The Kier molecular flexibility index (Phi) is 5.09. The Morgan fingerprint density at radius 1 is 1.40 bits per heavy atom. The van der Waals surface area contributed by atoms with Crippen LogP contribution in [0.2, 0.25) is 0 Å². The summed E-state index contributed by atoms with van der Waals surface area (Å²) in [7, 11) is 0. The molecule has 0 saturated heterocycles. The molecule has 0 aliphatic rings. The van der Waals surface area contributed by atoms with Crippen molar-refractivity contribution < 1.29 is 9.13 Å². The average Bonchev–Trinajstić information content (AvgIpc) is 2.81. The van der Waals surface area contributed by atoms with Crippen LogP contribution in [0.25, 0.3) is 0 Å². The number of aromatic nitrogens is 1. The topological polar surface area (TPSA) is 34.1 Å². The summed E-state index contributed by atoms with van der Waals surface area (Å²) in [6.45, 7) is 7.00. The molecule has 2 aromatic rings. The molecule has 1 heterocycles. The standard InChI is InChI=1S/C15H19FN2OS/c1-10(2)17-7-12-4-5-15(14(16)6-12)19-8-13-9-20-11(3)18-13/h4-6,9-10,17H,7-8H2,1-3H3. The fraction of sp³-hybridized carbons (Fsp3) is 0.400. The maximum atomic E-state index is 13.9. The van der Waals surface area contributed by atoms with E-state index < -0.39 is 0 Å². The third-order valence-electron chi connectivity index (χ3n) is 2.75. The van der Waals surface area contributed by atoms with Crippen LogP contribution in [0.1, 0.15) is 30.1 Å². The number of hydrogen-bond acceptors (Lipinski definition) is 4. The average molecular weight is 294 g/mol. The van der Waals surface area contributed by atoms with Gasteiger partial charge in [-0.3, -0.25) is 0 Å². The fourth-order valence-electron chi connectivity index (χ4n) is 1.72. The Labute approximate surface area is 122 Å². The van der Waals surface area contributed by atoms with E-state index in [1.54, 1.807) is 17.4 Å². The van der Waals surface area contributed by atoms with E-state index in [-0.39, 0.29) is 11.6 Å². The molecule has 0 unspecified atom stereocenters. The van der Waals surface area contributed by atoms with Gasteiger partial charge in [-0.25, -0.2) is 9.37 Å². The van der Waals surface area contributed by atoms with Gasteiger partial charge in [0, 0.05) is 18.0 Å². The molecule has 108 valence electrons. The zero-order chi connectivity index (χ0) is 14.5. The van der Waals surface area contributed by atoms with E-state index in [4.69, 9.17) is 4.74 Å². The number of benzene rings is 1. The highest BCUT2D eigenvalue weighted by atomic mass is 32.1. The van der Waals surface area contributed by atoms with Crippen molar-refractivity contribution in [3.63, 3.8) is 0 Å². The van der Waals surface area contributed by atoms with Crippen molar-refractivity contribution in [2.75, 3.05) is 0 Å². The van der Waals surface area contributed by atoms with Crippen LogP contribution in [0, 0.1) is 12.7 Å². The molecule has 1 aromatic heterocycles. The monoisotopic (exact) mass is 294 g/mol. The van der Waals surface area contributed by atoms with Crippen molar-refractivity contribution in [3.8, 4) is 5.75 Å². The molecule has 0 aliphatic carbocycles. The molecule has 0 amide bonds. The van der Waals surface area contributed by atoms with Crippen molar-refractivity contribution >= 4 is 11.3 Å². The SMILES string of the molecule is Cc1nc(COc2ccc(CNC(C)C)cc2F)cs1. The summed E-state index contributed by atoms with van der Waals surface area (Å²) in [6.07, 6.45) is 0. The van der Waals surface area contributed by atoms with Gasteiger partial charge in [0.25, 0.3) is 0 Å². The molecule has 5 heteroatoms. The number of hydrogen-bond donors (Lipinski definition) is 1. The molecule has 0 atom stereocenters. The first-order valence-electron chi connectivity index (χ1n) is 6.60. The Morgan fingerprint density at radius 3 is 2.80 bits per heavy atom. The molecule has 1 N–H and O–H groups in total. The van der Waals surface area contributed by atoms with Crippen LogP contribution in [-0.4, -0.2) is 11.0 Å². The summed E-state index contributed by atoms with van der Waals surface area (Å²) in [5, 5.41) is 6.16. The predicted octanol–water partition coefficient (Wildman–Crippen LogP) is 3.67. The zero-order valence-corrected chi connectivity index (χ0v) is 12.8. The smallest absolute Gasteiger partial charge is 0.165 e.